The van der Waals surface area contributed by atoms with Gasteiger partial charge in [-0.15, -0.1) is 0 Å². The van der Waals surface area contributed by atoms with Crippen LogP contribution in [-0.4, -0.2) is 42.0 Å². The van der Waals surface area contributed by atoms with Gasteiger partial charge in [0.25, 0.3) is 6.01 Å². The SMILES string of the molecule is CCC(C)(C)C(=O)N1CCN(c2ncc(-c3ccc(C(F)(F)F)cc3)o2)CC1. The second kappa shape index (κ2) is 7.48. The summed E-state index contributed by atoms with van der Waals surface area (Å²) in [6, 6.07) is 5.21. The van der Waals surface area contributed by atoms with Crippen LogP contribution in [0.15, 0.2) is 34.9 Å². The number of benzene rings is 1. The first-order valence-electron chi connectivity index (χ1n) is 9.29. The molecule has 0 aliphatic carbocycles. The summed E-state index contributed by atoms with van der Waals surface area (Å²) in [6.45, 7) is 8.26. The molecule has 0 saturated carbocycles. The van der Waals surface area contributed by atoms with Crippen molar-refractivity contribution < 1.29 is 22.4 Å². The summed E-state index contributed by atoms with van der Waals surface area (Å²) in [7, 11) is 0. The molecule has 0 atom stereocenters. The van der Waals surface area contributed by atoms with Crippen LogP contribution in [0.3, 0.4) is 0 Å². The first-order valence-corrected chi connectivity index (χ1v) is 9.29. The molecule has 1 aliphatic rings. The maximum atomic E-state index is 12.7. The average Bonchev–Trinajstić information content (AvgIpc) is 3.17. The van der Waals surface area contributed by atoms with Gasteiger partial charge in [-0.05, 0) is 18.6 Å². The maximum absolute atomic E-state index is 12.7. The molecular weight excluding hydrogens is 371 g/mol. The van der Waals surface area contributed by atoms with E-state index < -0.39 is 11.7 Å². The summed E-state index contributed by atoms with van der Waals surface area (Å²) in [5.74, 6) is 0.557. The van der Waals surface area contributed by atoms with Crippen LogP contribution in [0.25, 0.3) is 11.3 Å². The molecule has 3 rings (SSSR count). The number of anilines is 1. The number of hydrogen-bond acceptors (Lipinski definition) is 4. The molecule has 1 fully saturated rings. The highest BCUT2D eigenvalue weighted by Crippen LogP contribution is 2.32. The predicted octanol–water partition coefficient (Wildman–Crippen LogP) is 4.45. The Morgan fingerprint density at radius 3 is 2.25 bits per heavy atom. The van der Waals surface area contributed by atoms with Gasteiger partial charge in [-0.1, -0.05) is 32.9 Å². The molecule has 0 N–H and O–H groups in total. The fourth-order valence-corrected chi connectivity index (χ4v) is 3.05. The van der Waals surface area contributed by atoms with Gasteiger partial charge in [-0.2, -0.15) is 13.2 Å². The number of nitrogens with zero attached hydrogens (tertiary/aromatic N) is 3. The first kappa shape index (κ1) is 20.2. The van der Waals surface area contributed by atoms with Crippen LogP contribution in [-0.2, 0) is 11.0 Å². The van der Waals surface area contributed by atoms with E-state index in [2.05, 4.69) is 4.98 Å². The normalized spacial score (nSPS) is 15.8. The zero-order valence-electron chi connectivity index (χ0n) is 16.2. The largest absolute Gasteiger partial charge is 0.423 e. The number of alkyl halides is 3. The molecule has 5 nitrogen and oxygen atoms in total. The van der Waals surface area contributed by atoms with E-state index in [1.54, 1.807) is 0 Å². The van der Waals surface area contributed by atoms with Gasteiger partial charge in [-0.25, -0.2) is 4.98 Å². The van der Waals surface area contributed by atoms with Crippen molar-refractivity contribution in [2.45, 2.75) is 33.4 Å². The van der Waals surface area contributed by atoms with Crippen LogP contribution in [0, 0.1) is 5.41 Å². The van der Waals surface area contributed by atoms with Crippen LogP contribution in [0.1, 0.15) is 32.8 Å². The number of amides is 1. The van der Waals surface area contributed by atoms with Crippen molar-refractivity contribution in [3.63, 3.8) is 0 Å². The number of piperazine rings is 1. The third kappa shape index (κ3) is 4.15. The Kier molecular flexibility index (Phi) is 5.41. The van der Waals surface area contributed by atoms with Crippen LogP contribution in [0.4, 0.5) is 19.2 Å². The molecule has 0 radical (unpaired) electrons. The quantitative estimate of drug-likeness (QED) is 0.768. The van der Waals surface area contributed by atoms with E-state index in [9.17, 15) is 18.0 Å². The first-order chi connectivity index (χ1) is 13.1. The summed E-state index contributed by atoms with van der Waals surface area (Å²) in [4.78, 5) is 20.6. The molecule has 8 heteroatoms. The molecular formula is C20H24F3N3O2. The highest BCUT2D eigenvalue weighted by atomic mass is 19.4. The minimum absolute atomic E-state index is 0.146. The van der Waals surface area contributed by atoms with Gasteiger partial charge < -0.3 is 14.2 Å². The number of halogens is 3. The topological polar surface area (TPSA) is 49.6 Å². The van der Waals surface area contributed by atoms with E-state index in [1.807, 2.05) is 30.6 Å². The van der Waals surface area contributed by atoms with Crippen LogP contribution in [0.5, 0.6) is 0 Å². The lowest BCUT2D eigenvalue weighted by Gasteiger charge is -2.37. The molecule has 0 unspecified atom stereocenters. The Balaban J connectivity index is 1.65. The molecule has 1 aromatic heterocycles. The minimum Gasteiger partial charge on any atom is -0.423 e. The summed E-state index contributed by atoms with van der Waals surface area (Å²) < 4.78 is 43.8. The van der Waals surface area contributed by atoms with Crippen molar-refractivity contribution in [2.24, 2.45) is 5.41 Å². The number of aromatic nitrogens is 1. The van der Waals surface area contributed by atoms with Crippen molar-refractivity contribution in [1.82, 2.24) is 9.88 Å². The number of carbonyl (C=O) groups is 1. The van der Waals surface area contributed by atoms with Gasteiger partial charge in [0.15, 0.2) is 5.76 Å². The van der Waals surface area contributed by atoms with Crippen molar-refractivity contribution in [3.8, 4) is 11.3 Å². The number of carbonyl (C=O) groups excluding carboxylic acids is 1. The third-order valence-electron chi connectivity index (χ3n) is 5.29. The Labute approximate surface area is 162 Å². The molecule has 2 aromatic rings. The standard InChI is InChI=1S/C20H24F3N3O2/c1-4-19(2,3)17(27)25-9-11-26(12-10-25)18-24-13-16(28-18)14-5-7-15(8-6-14)20(21,22)23/h5-8,13H,4,9-12H2,1-3H3. The molecule has 28 heavy (non-hydrogen) atoms. The van der Waals surface area contributed by atoms with Crippen molar-refractivity contribution >= 4 is 11.9 Å². The number of oxazole rings is 1. The summed E-state index contributed by atoms with van der Waals surface area (Å²) >= 11 is 0. The Bertz CT molecular complexity index is 820. The highest BCUT2D eigenvalue weighted by molar-refractivity contribution is 5.82. The van der Waals surface area contributed by atoms with E-state index in [0.29, 0.717) is 43.5 Å². The molecule has 1 aliphatic heterocycles. The van der Waals surface area contributed by atoms with Gasteiger partial charge in [0.2, 0.25) is 5.91 Å². The van der Waals surface area contributed by atoms with Crippen molar-refractivity contribution in [3.05, 3.63) is 36.0 Å². The molecule has 152 valence electrons. The molecule has 1 saturated heterocycles. The average molecular weight is 395 g/mol. The second-order valence-electron chi connectivity index (χ2n) is 7.60. The van der Waals surface area contributed by atoms with Crippen molar-refractivity contribution in [2.75, 3.05) is 31.1 Å². The summed E-state index contributed by atoms with van der Waals surface area (Å²) in [5.41, 5.74) is -0.544. The van der Waals surface area contributed by atoms with E-state index in [0.717, 1.165) is 18.6 Å². The summed E-state index contributed by atoms with van der Waals surface area (Å²) in [5, 5.41) is 0. The third-order valence-corrected chi connectivity index (χ3v) is 5.29. The van der Waals surface area contributed by atoms with Crippen LogP contribution in [0.2, 0.25) is 0 Å². The van der Waals surface area contributed by atoms with Gasteiger partial charge in [-0.3, -0.25) is 4.79 Å². The Morgan fingerprint density at radius 1 is 1.11 bits per heavy atom. The van der Waals surface area contributed by atoms with E-state index >= 15 is 0 Å². The lowest BCUT2D eigenvalue weighted by Crippen LogP contribution is -2.52. The highest BCUT2D eigenvalue weighted by Gasteiger charge is 2.33. The monoisotopic (exact) mass is 395 g/mol. The van der Waals surface area contributed by atoms with Gasteiger partial charge in [0.05, 0.1) is 11.8 Å². The summed E-state index contributed by atoms with van der Waals surface area (Å²) in [6.07, 6.45) is -2.08. The lowest BCUT2D eigenvalue weighted by molar-refractivity contribution is -0.141. The molecule has 2 heterocycles. The fourth-order valence-electron chi connectivity index (χ4n) is 3.05. The smallest absolute Gasteiger partial charge is 0.416 e. The second-order valence-corrected chi connectivity index (χ2v) is 7.60. The van der Waals surface area contributed by atoms with E-state index in [1.165, 1.54) is 18.3 Å². The lowest BCUT2D eigenvalue weighted by atomic mass is 9.88. The van der Waals surface area contributed by atoms with E-state index in [4.69, 9.17) is 4.42 Å². The number of rotatable bonds is 4. The molecule has 1 aromatic carbocycles. The number of hydrogen-bond donors (Lipinski definition) is 0. The predicted molar refractivity (Wildman–Crippen MR) is 99.8 cm³/mol. The maximum Gasteiger partial charge on any atom is 0.416 e. The van der Waals surface area contributed by atoms with Gasteiger partial charge in [0, 0.05) is 37.2 Å². The van der Waals surface area contributed by atoms with E-state index in [-0.39, 0.29) is 11.3 Å². The zero-order chi connectivity index (χ0) is 20.5. The Morgan fingerprint density at radius 2 is 1.71 bits per heavy atom. The molecule has 0 bridgehead atoms. The Hall–Kier alpha value is -2.51. The molecule has 1 amide bonds. The van der Waals surface area contributed by atoms with Crippen LogP contribution >= 0.6 is 0 Å². The fraction of sp³-hybridized carbons (Fsp3) is 0.500. The van der Waals surface area contributed by atoms with Gasteiger partial charge in [0.1, 0.15) is 0 Å². The molecule has 0 spiro atoms. The minimum atomic E-state index is -4.37. The van der Waals surface area contributed by atoms with Crippen molar-refractivity contribution in [1.29, 1.82) is 0 Å². The zero-order valence-corrected chi connectivity index (χ0v) is 16.2. The van der Waals surface area contributed by atoms with Gasteiger partial charge >= 0.3 is 6.18 Å². The van der Waals surface area contributed by atoms with Crippen LogP contribution < -0.4 is 4.90 Å².